The Morgan fingerprint density at radius 3 is 2.69 bits per heavy atom. The molecule has 0 bridgehead atoms. The molecule has 0 spiro atoms. The van der Waals surface area contributed by atoms with Crippen molar-refractivity contribution >= 4 is 17.5 Å². The lowest BCUT2D eigenvalue weighted by Crippen LogP contribution is -2.41. The first-order chi connectivity index (χ1) is 12.8. The monoisotopic (exact) mass is 354 g/mol. The quantitative estimate of drug-likeness (QED) is 0.634. The Hall–Kier alpha value is -2.34. The zero-order valence-electron chi connectivity index (χ0n) is 15.8. The van der Waals surface area contributed by atoms with Gasteiger partial charge in [0, 0.05) is 26.7 Å². The molecule has 6 nitrogen and oxygen atoms in total. The van der Waals surface area contributed by atoms with Crippen LogP contribution in [0.2, 0.25) is 0 Å². The van der Waals surface area contributed by atoms with Crippen molar-refractivity contribution in [1.82, 2.24) is 15.3 Å². The van der Waals surface area contributed by atoms with Crippen LogP contribution in [0.15, 0.2) is 36.5 Å². The summed E-state index contributed by atoms with van der Waals surface area (Å²) in [6.07, 6.45) is 6.28. The highest BCUT2D eigenvalue weighted by Gasteiger charge is 2.21. The van der Waals surface area contributed by atoms with E-state index in [1.807, 2.05) is 13.2 Å². The third-order valence-corrected chi connectivity index (χ3v) is 5.00. The number of piperidine rings is 1. The van der Waals surface area contributed by atoms with Crippen LogP contribution in [0.5, 0.6) is 0 Å². The van der Waals surface area contributed by atoms with Gasteiger partial charge in [0.1, 0.15) is 0 Å². The molecule has 1 aliphatic heterocycles. The van der Waals surface area contributed by atoms with E-state index in [1.54, 1.807) is 0 Å². The van der Waals surface area contributed by atoms with Crippen LogP contribution in [0.3, 0.4) is 0 Å². The predicted molar refractivity (Wildman–Crippen MR) is 109 cm³/mol. The Morgan fingerprint density at radius 2 is 1.96 bits per heavy atom. The summed E-state index contributed by atoms with van der Waals surface area (Å²) in [6.45, 7) is 3.00. The van der Waals surface area contributed by atoms with Crippen LogP contribution in [0.4, 0.5) is 17.5 Å². The van der Waals surface area contributed by atoms with Crippen molar-refractivity contribution in [3.05, 3.63) is 42.1 Å². The van der Waals surface area contributed by atoms with Gasteiger partial charge in [-0.05, 0) is 44.3 Å². The number of aromatic nitrogens is 2. The number of benzene rings is 1. The molecular weight excluding hydrogens is 324 g/mol. The fraction of sp³-hybridized carbons (Fsp3) is 0.500. The van der Waals surface area contributed by atoms with Gasteiger partial charge in [-0.25, -0.2) is 4.98 Å². The minimum absolute atomic E-state index is 0.518. The fourth-order valence-electron chi connectivity index (χ4n) is 3.41. The molecule has 1 aromatic heterocycles. The molecule has 3 rings (SSSR count). The molecule has 3 N–H and O–H groups in total. The topological polar surface area (TPSA) is 65.1 Å². The lowest BCUT2D eigenvalue weighted by molar-refractivity contribution is 0.442. The van der Waals surface area contributed by atoms with Gasteiger partial charge in [-0.3, -0.25) is 0 Å². The first-order valence-electron chi connectivity index (χ1n) is 9.54. The SMILES string of the molecule is CNc1cnc(NCCCc2ccccc2)nc1N(C)C1CCNCC1. The van der Waals surface area contributed by atoms with E-state index in [2.05, 4.69) is 63.2 Å². The van der Waals surface area contributed by atoms with Gasteiger partial charge < -0.3 is 20.9 Å². The summed E-state index contributed by atoms with van der Waals surface area (Å²) in [5.74, 6) is 1.67. The van der Waals surface area contributed by atoms with Crippen molar-refractivity contribution in [3.63, 3.8) is 0 Å². The van der Waals surface area contributed by atoms with E-state index in [4.69, 9.17) is 4.98 Å². The largest absolute Gasteiger partial charge is 0.384 e. The van der Waals surface area contributed by atoms with Gasteiger partial charge in [0.25, 0.3) is 0 Å². The molecule has 1 fully saturated rings. The minimum Gasteiger partial charge on any atom is -0.384 e. The maximum absolute atomic E-state index is 4.78. The van der Waals surface area contributed by atoms with Crippen molar-refractivity contribution in [2.45, 2.75) is 31.7 Å². The Bertz CT molecular complexity index is 669. The van der Waals surface area contributed by atoms with Gasteiger partial charge in [0.2, 0.25) is 5.95 Å². The van der Waals surface area contributed by atoms with Crippen molar-refractivity contribution in [1.29, 1.82) is 0 Å². The van der Waals surface area contributed by atoms with Gasteiger partial charge in [0.15, 0.2) is 5.82 Å². The fourth-order valence-corrected chi connectivity index (χ4v) is 3.41. The molecule has 1 saturated heterocycles. The Kier molecular flexibility index (Phi) is 6.66. The molecule has 0 unspecified atom stereocenters. The van der Waals surface area contributed by atoms with Crippen LogP contribution in [-0.4, -0.2) is 49.7 Å². The van der Waals surface area contributed by atoms with Gasteiger partial charge in [-0.1, -0.05) is 30.3 Å². The number of hydrogen-bond donors (Lipinski definition) is 3. The number of aryl methyl sites for hydroxylation is 1. The molecule has 6 heteroatoms. The Morgan fingerprint density at radius 1 is 1.19 bits per heavy atom. The third kappa shape index (κ3) is 4.85. The van der Waals surface area contributed by atoms with E-state index in [-0.39, 0.29) is 0 Å². The van der Waals surface area contributed by atoms with Crippen LogP contribution in [0, 0.1) is 0 Å². The molecule has 2 aromatic rings. The highest BCUT2D eigenvalue weighted by Crippen LogP contribution is 2.26. The molecule has 26 heavy (non-hydrogen) atoms. The molecule has 0 amide bonds. The molecule has 0 aliphatic carbocycles. The highest BCUT2D eigenvalue weighted by atomic mass is 15.3. The second-order valence-electron chi connectivity index (χ2n) is 6.79. The summed E-state index contributed by atoms with van der Waals surface area (Å²) in [7, 11) is 4.06. The molecule has 2 heterocycles. The zero-order valence-corrected chi connectivity index (χ0v) is 15.8. The number of hydrogen-bond acceptors (Lipinski definition) is 6. The molecule has 0 saturated carbocycles. The summed E-state index contributed by atoms with van der Waals surface area (Å²) in [6, 6.07) is 11.1. The van der Waals surface area contributed by atoms with E-state index < -0.39 is 0 Å². The maximum atomic E-state index is 4.78. The molecule has 0 radical (unpaired) electrons. The number of anilines is 3. The van der Waals surface area contributed by atoms with Crippen LogP contribution < -0.4 is 20.9 Å². The first-order valence-corrected chi connectivity index (χ1v) is 9.54. The summed E-state index contributed by atoms with van der Waals surface area (Å²) in [5, 5.41) is 10.0. The lowest BCUT2D eigenvalue weighted by atomic mass is 10.1. The first kappa shape index (κ1) is 18.5. The third-order valence-electron chi connectivity index (χ3n) is 5.00. The predicted octanol–water partition coefficient (Wildman–Crippen LogP) is 2.75. The number of rotatable bonds is 8. The van der Waals surface area contributed by atoms with Crippen LogP contribution in [0.25, 0.3) is 0 Å². The summed E-state index contributed by atoms with van der Waals surface area (Å²) < 4.78 is 0. The second kappa shape index (κ2) is 9.38. The average Bonchev–Trinajstić information content (AvgIpc) is 2.72. The van der Waals surface area contributed by atoms with Crippen LogP contribution >= 0.6 is 0 Å². The summed E-state index contributed by atoms with van der Waals surface area (Å²) in [5.41, 5.74) is 2.34. The number of nitrogens with zero attached hydrogens (tertiary/aromatic N) is 3. The lowest BCUT2D eigenvalue weighted by Gasteiger charge is -2.33. The molecule has 1 aromatic carbocycles. The highest BCUT2D eigenvalue weighted by molar-refractivity contribution is 5.66. The van der Waals surface area contributed by atoms with Crippen molar-refractivity contribution < 1.29 is 0 Å². The second-order valence-corrected chi connectivity index (χ2v) is 6.79. The van der Waals surface area contributed by atoms with E-state index in [1.165, 1.54) is 5.56 Å². The smallest absolute Gasteiger partial charge is 0.224 e. The standard InChI is InChI=1S/C20H30N6/c1-21-18-15-24-20(23-12-6-9-16-7-4-3-5-8-16)25-19(18)26(2)17-10-13-22-14-11-17/h3-5,7-8,15,17,21-22H,6,9-14H2,1-2H3,(H,23,24,25). The molecule has 140 valence electrons. The van der Waals surface area contributed by atoms with E-state index >= 15 is 0 Å². The van der Waals surface area contributed by atoms with Crippen molar-refractivity contribution in [2.24, 2.45) is 0 Å². The van der Waals surface area contributed by atoms with Crippen molar-refractivity contribution in [2.75, 3.05) is 49.3 Å². The van der Waals surface area contributed by atoms with Gasteiger partial charge in [-0.15, -0.1) is 0 Å². The van der Waals surface area contributed by atoms with E-state index in [0.29, 0.717) is 12.0 Å². The Balaban J connectivity index is 1.59. The van der Waals surface area contributed by atoms with E-state index in [9.17, 15) is 0 Å². The maximum Gasteiger partial charge on any atom is 0.224 e. The molecule has 1 aliphatic rings. The van der Waals surface area contributed by atoms with Gasteiger partial charge in [0.05, 0.1) is 11.9 Å². The molecular formula is C20H30N6. The Labute approximate surface area is 156 Å². The van der Waals surface area contributed by atoms with Gasteiger partial charge >= 0.3 is 0 Å². The van der Waals surface area contributed by atoms with Crippen LogP contribution in [0.1, 0.15) is 24.8 Å². The minimum atomic E-state index is 0.518. The number of nitrogens with one attached hydrogen (secondary N) is 3. The average molecular weight is 355 g/mol. The van der Waals surface area contributed by atoms with Gasteiger partial charge in [-0.2, -0.15) is 4.98 Å². The van der Waals surface area contributed by atoms with Crippen molar-refractivity contribution in [3.8, 4) is 0 Å². The summed E-state index contributed by atoms with van der Waals surface area (Å²) in [4.78, 5) is 11.5. The zero-order chi connectivity index (χ0) is 18.2. The van der Waals surface area contributed by atoms with Crippen LogP contribution in [-0.2, 0) is 6.42 Å². The normalized spacial score (nSPS) is 14.8. The molecule has 0 atom stereocenters. The van der Waals surface area contributed by atoms with E-state index in [0.717, 1.165) is 56.8 Å². The summed E-state index contributed by atoms with van der Waals surface area (Å²) >= 11 is 0.